The molecule has 1 aromatic carbocycles. The highest BCUT2D eigenvalue weighted by Crippen LogP contribution is 2.28. The average molecular weight is 424 g/mol. The molecule has 0 bridgehead atoms. The zero-order valence-corrected chi connectivity index (χ0v) is 17.1. The molecule has 150 valence electrons. The van der Waals surface area contributed by atoms with E-state index in [1.54, 1.807) is 18.3 Å². The molecule has 0 spiro atoms. The minimum absolute atomic E-state index is 0.0326. The molecule has 9 heteroatoms. The van der Waals surface area contributed by atoms with Crippen LogP contribution in [0.2, 0.25) is 5.02 Å². The quantitative estimate of drug-likeness (QED) is 0.771. The second-order valence-corrected chi connectivity index (χ2v) is 8.81. The lowest BCUT2D eigenvalue weighted by atomic mass is 10.2. The number of halogens is 1. The Morgan fingerprint density at radius 1 is 1.21 bits per heavy atom. The Labute approximate surface area is 169 Å². The molecule has 2 aromatic rings. The van der Waals surface area contributed by atoms with E-state index in [1.165, 1.54) is 29.6 Å². The average Bonchev–Trinajstić information content (AvgIpc) is 2.73. The van der Waals surface area contributed by atoms with Crippen molar-refractivity contribution in [1.29, 1.82) is 0 Å². The third-order valence-electron chi connectivity index (χ3n) is 4.59. The predicted molar refractivity (Wildman–Crippen MR) is 106 cm³/mol. The van der Waals surface area contributed by atoms with Gasteiger partial charge in [-0.3, -0.25) is 4.79 Å². The molecule has 2 heterocycles. The molecule has 28 heavy (non-hydrogen) atoms. The molecule has 3 rings (SSSR count). The summed E-state index contributed by atoms with van der Waals surface area (Å²) >= 11 is 6.15. The van der Waals surface area contributed by atoms with Crippen LogP contribution in [0.4, 0.5) is 0 Å². The summed E-state index contributed by atoms with van der Waals surface area (Å²) in [5.41, 5.74) is 1.03. The first-order valence-electron chi connectivity index (χ1n) is 8.98. The minimum Gasteiger partial charge on any atom is -0.481 e. The number of carbonyl (C=O) groups excluding carboxylic acids is 1. The van der Waals surface area contributed by atoms with Crippen molar-refractivity contribution in [2.24, 2.45) is 0 Å². The number of methoxy groups -OCH3 is 1. The first-order chi connectivity index (χ1) is 13.4. The van der Waals surface area contributed by atoms with E-state index < -0.39 is 10.0 Å². The van der Waals surface area contributed by atoms with Gasteiger partial charge in [0.05, 0.1) is 12.1 Å². The van der Waals surface area contributed by atoms with Crippen LogP contribution in [0.25, 0.3) is 0 Å². The number of hydrogen-bond acceptors (Lipinski definition) is 5. The van der Waals surface area contributed by atoms with Gasteiger partial charge in [-0.15, -0.1) is 0 Å². The lowest BCUT2D eigenvalue weighted by molar-refractivity contribution is 0.0950. The van der Waals surface area contributed by atoms with Crippen LogP contribution in [0.3, 0.4) is 0 Å². The number of aromatic nitrogens is 1. The number of nitrogens with zero attached hydrogens (tertiary/aromatic N) is 2. The van der Waals surface area contributed by atoms with Crippen LogP contribution < -0.4 is 10.1 Å². The summed E-state index contributed by atoms with van der Waals surface area (Å²) in [5.74, 6) is 0.0999. The van der Waals surface area contributed by atoms with Crippen LogP contribution in [0.5, 0.6) is 5.88 Å². The highest BCUT2D eigenvalue weighted by atomic mass is 35.5. The summed E-state index contributed by atoms with van der Waals surface area (Å²) in [5, 5.41) is 2.87. The molecule has 0 saturated carbocycles. The molecule has 1 N–H and O–H groups in total. The molecule has 1 aliphatic heterocycles. The molecule has 1 aromatic heterocycles. The van der Waals surface area contributed by atoms with Crippen LogP contribution in [0.1, 0.15) is 35.2 Å². The summed E-state index contributed by atoms with van der Waals surface area (Å²) in [4.78, 5) is 16.5. The Bertz CT molecular complexity index is 942. The van der Waals surface area contributed by atoms with Gasteiger partial charge in [-0.25, -0.2) is 13.4 Å². The van der Waals surface area contributed by atoms with Crippen LogP contribution >= 0.6 is 11.6 Å². The van der Waals surface area contributed by atoms with E-state index in [0.717, 1.165) is 24.8 Å². The Balaban J connectivity index is 1.75. The fraction of sp³-hybridized carbons (Fsp3) is 0.368. The number of rotatable bonds is 6. The number of pyridine rings is 1. The zero-order chi connectivity index (χ0) is 20.1. The standard InChI is InChI=1S/C19H22ClN3O4S/c1-27-18-8-5-14(12-21-18)13-22-19(24)15-6-7-16(20)17(11-15)28(25,26)23-9-3-2-4-10-23/h5-8,11-12H,2-4,9-10,13H2,1H3,(H,22,24). The number of hydrogen-bond donors (Lipinski definition) is 1. The van der Waals surface area contributed by atoms with E-state index in [2.05, 4.69) is 10.3 Å². The van der Waals surface area contributed by atoms with Gasteiger partial charge in [0.2, 0.25) is 15.9 Å². The maximum Gasteiger partial charge on any atom is 0.251 e. The first kappa shape index (κ1) is 20.6. The number of nitrogens with one attached hydrogen (secondary N) is 1. The monoisotopic (exact) mass is 423 g/mol. The van der Waals surface area contributed by atoms with Gasteiger partial charge in [0.15, 0.2) is 0 Å². The van der Waals surface area contributed by atoms with Crippen LogP contribution in [-0.4, -0.2) is 43.8 Å². The third-order valence-corrected chi connectivity index (χ3v) is 6.97. The second kappa shape index (κ2) is 8.89. The Morgan fingerprint density at radius 2 is 1.96 bits per heavy atom. The summed E-state index contributed by atoms with van der Waals surface area (Å²) in [6.07, 6.45) is 4.27. The van der Waals surface area contributed by atoms with Gasteiger partial charge in [0.1, 0.15) is 4.90 Å². The largest absolute Gasteiger partial charge is 0.481 e. The van der Waals surface area contributed by atoms with Gasteiger partial charge in [-0.05, 0) is 36.6 Å². The highest BCUT2D eigenvalue weighted by Gasteiger charge is 2.28. The van der Waals surface area contributed by atoms with Crippen molar-refractivity contribution < 1.29 is 17.9 Å². The topological polar surface area (TPSA) is 88.6 Å². The van der Waals surface area contributed by atoms with Crippen molar-refractivity contribution in [2.75, 3.05) is 20.2 Å². The van der Waals surface area contributed by atoms with E-state index in [0.29, 0.717) is 19.0 Å². The fourth-order valence-corrected chi connectivity index (χ4v) is 5.02. The normalized spacial score (nSPS) is 15.2. The van der Waals surface area contributed by atoms with E-state index in [4.69, 9.17) is 16.3 Å². The minimum atomic E-state index is -3.73. The van der Waals surface area contributed by atoms with Crippen molar-refractivity contribution >= 4 is 27.5 Å². The molecule has 7 nitrogen and oxygen atoms in total. The molecule has 0 unspecified atom stereocenters. The summed E-state index contributed by atoms with van der Waals surface area (Å²) in [6.45, 7) is 1.20. The van der Waals surface area contributed by atoms with Crippen molar-refractivity contribution in [3.05, 3.63) is 52.7 Å². The maximum absolute atomic E-state index is 12.9. The third kappa shape index (κ3) is 4.63. The lowest BCUT2D eigenvalue weighted by Gasteiger charge is -2.26. The van der Waals surface area contributed by atoms with Gasteiger partial charge in [-0.1, -0.05) is 24.1 Å². The molecule has 1 amide bonds. The van der Waals surface area contributed by atoms with Crippen LogP contribution in [0.15, 0.2) is 41.4 Å². The molecule has 1 saturated heterocycles. The van der Waals surface area contributed by atoms with Crippen molar-refractivity contribution in [3.8, 4) is 5.88 Å². The van der Waals surface area contributed by atoms with E-state index in [-0.39, 0.29) is 27.9 Å². The van der Waals surface area contributed by atoms with Gasteiger partial charge in [0.25, 0.3) is 5.91 Å². The predicted octanol–water partition coefficient (Wildman–Crippen LogP) is 2.85. The smallest absolute Gasteiger partial charge is 0.251 e. The van der Waals surface area contributed by atoms with Crippen molar-refractivity contribution in [1.82, 2.24) is 14.6 Å². The molecular weight excluding hydrogens is 402 g/mol. The van der Waals surface area contributed by atoms with Crippen LogP contribution in [0, 0.1) is 0 Å². The molecule has 1 fully saturated rings. The summed E-state index contributed by atoms with van der Waals surface area (Å²) in [6, 6.07) is 7.79. The summed E-state index contributed by atoms with van der Waals surface area (Å²) < 4.78 is 32.3. The molecule has 0 aliphatic carbocycles. The number of sulfonamides is 1. The highest BCUT2D eigenvalue weighted by molar-refractivity contribution is 7.89. The SMILES string of the molecule is COc1ccc(CNC(=O)c2ccc(Cl)c(S(=O)(=O)N3CCCCC3)c2)cn1. The molecule has 0 atom stereocenters. The number of amides is 1. The van der Waals surface area contributed by atoms with E-state index in [1.807, 2.05) is 0 Å². The van der Waals surface area contributed by atoms with Gasteiger partial charge < -0.3 is 10.1 Å². The second-order valence-electron chi connectivity index (χ2n) is 6.50. The number of piperidine rings is 1. The van der Waals surface area contributed by atoms with Gasteiger partial charge >= 0.3 is 0 Å². The Morgan fingerprint density at radius 3 is 2.61 bits per heavy atom. The molecular formula is C19H22ClN3O4S. The van der Waals surface area contributed by atoms with E-state index in [9.17, 15) is 13.2 Å². The zero-order valence-electron chi connectivity index (χ0n) is 15.5. The number of benzene rings is 1. The Hall–Kier alpha value is -2.16. The van der Waals surface area contributed by atoms with Crippen molar-refractivity contribution in [3.63, 3.8) is 0 Å². The first-order valence-corrected chi connectivity index (χ1v) is 10.8. The van der Waals surface area contributed by atoms with Crippen molar-refractivity contribution in [2.45, 2.75) is 30.7 Å². The van der Waals surface area contributed by atoms with Crippen LogP contribution in [-0.2, 0) is 16.6 Å². The number of carbonyl (C=O) groups is 1. The summed E-state index contributed by atoms with van der Waals surface area (Å²) in [7, 11) is -2.20. The van der Waals surface area contributed by atoms with Gasteiger partial charge in [0, 0.05) is 37.5 Å². The lowest BCUT2D eigenvalue weighted by Crippen LogP contribution is -2.36. The van der Waals surface area contributed by atoms with E-state index >= 15 is 0 Å². The fourth-order valence-electron chi connectivity index (χ4n) is 3.01. The Kier molecular flexibility index (Phi) is 6.53. The van der Waals surface area contributed by atoms with Gasteiger partial charge in [-0.2, -0.15) is 4.31 Å². The molecule has 0 radical (unpaired) electrons. The molecule has 1 aliphatic rings. The maximum atomic E-state index is 12.9. The number of ether oxygens (including phenoxy) is 1.